The summed E-state index contributed by atoms with van der Waals surface area (Å²) in [5, 5.41) is 2.84. The van der Waals surface area contributed by atoms with Gasteiger partial charge < -0.3 is 5.32 Å². The molecule has 1 aromatic heterocycles. The van der Waals surface area contributed by atoms with Crippen LogP contribution < -0.4 is 5.32 Å². The van der Waals surface area contributed by atoms with Crippen molar-refractivity contribution in [3.63, 3.8) is 0 Å². The molecule has 9 heteroatoms. The number of benzene rings is 2. The molecule has 0 aliphatic rings. The molecule has 0 saturated heterocycles. The minimum absolute atomic E-state index is 0.100. The fourth-order valence-corrected chi connectivity index (χ4v) is 4.93. The molecule has 7 nitrogen and oxygen atoms in total. The molecule has 0 fully saturated rings. The summed E-state index contributed by atoms with van der Waals surface area (Å²) in [7, 11) is -3.56. The summed E-state index contributed by atoms with van der Waals surface area (Å²) in [4.78, 5) is 21.9. The topological polar surface area (TPSA) is 92.3 Å². The van der Waals surface area contributed by atoms with Gasteiger partial charge in [-0.05, 0) is 44.5 Å². The summed E-state index contributed by atoms with van der Waals surface area (Å²) in [6.07, 6.45) is 0. The van der Waals surface area contributed by atoms with Crippen LogP contribution in [0.25, 0.3) is 11.0 Å². The van der Waals surface area contributed by atoms with Crippen LogP contribution in [0, 0.1) is 19.7 Å². The molecule has 1 unspecified atom stereocenters. The Morgan fingerprint density at radius 3 is 2.25 bits per heavy atom. The van der Waals surface area contributed by atoms with Crippen molar-refractivity contribution in [2.45, 2.75) is 45.6 Å². The number of aromatic nitrogens is 2. The van der Waals surface area contributed by atoms with Gasteiger partial charge in [0.2, 0.25) is 10.0 Å². The van der Waals surface area contributed by atoms with E-state index in [1.54, 1.807) is 46.8 Å². The molecule has 0 spiro atoms. The molecule has 1 heterocycles. The van der Waals surface area contributed by atoms with E-state index in [0.29, 0.717) is 35.5 Å². The Morgan fingerprint density at radius 1 is 1.06 bits per heavy atom. The average Bonchev–Trinajstić information content (AvgIpc) is 2.75. The van der Waals surface area contributed by atoms with E-state index in [1.807, 2.05) is 0 Å². The van der Waals surface area contributed by atoms with Crippen molar-refractivity contribution < 1.29 is 17.6 Å². The number of halogens is 1. The smallest absolute Gasteiger partial charge is 0.254 e. The zero-order valence-electron chi connectivity index (χ0n) is 18.8. The van der Waals surface area contributed by atoms with Gasteiger partial charge in [0.1, 0.15) is 11.3 Å². The Morgan fingerprint density at radius 2 is 1.66 bits per heavy atom. The highest BCUT2D eigenvalue weighted by atomic mass is 32.2. The van der Waals surface area contributed by atoms with Crippen LogP contribution in [0.5, 0.6) is 0 Å². The molecular formula is C23H27FN4O3S. The van der Waals surface area contributed by atoms with Gasteiger partial charge in [-0.2, -0.15) is 4.31 Å². The Balaban J connectivity index is 1.86. The average molecular weight is 459 g/mol. The quantitative estimate of drug-likeness (QED) is 0.580. The Bertz CT molecular complexity index is 1260. The molecule has 3 aromatic rings. The van der Waals surface area contributed by atoms with Crippen molar-refractivity contribution in [2.24, 2.45) is 0 Å². The maximum Gasteiger partial charge on any atom is 0.254 e. The molecule has 2 aromatic carbocycles. The van der Waals surface area contributed by atoms with Gasteiger partial charge in [-0.3, -0.25) is 4.79 Å². The second kappa shape index (κ2) is 9.30. The normalized spacial score (nSPS) is 12.8. The highest BCUT2D eigenvalue weighted by molar-refractivity contribution is 7.89. The van der Waals surface area contributed by atoms with Gasteiger partial charge in [0.25, 0.3) is 5.91 Å². The van der Waals surface area contributed by atoms with Crippen molar-refractivity contribution in [1.29, 1.82) is 0 Å². The van der Waals surface area contributed by atoms with Crippen LogP contribution >= 0.6 is 0 Å². The van der Waals surface area contributed by atoms with Crippen LogP contribution in [0.2, 0.25) is 0 Å². The van der Waals surface area contributed by atoms with E-state index < -0.39 is 27.8 Å². The number of fused-ring (bicyclic) bond motifs is 1. The first kappa shape index (κ1) is 23.7. The van der Waals surface area contributed by atoms with E-state index in [-0.39, 0.29) is 10.5 Å². The number of aryl methyl sites for hydroxylation is 2. The zero-order chi connectivity index (χ0) is 23.6. The van der Waals surface area contributed by atoms with E-state index in [0.717, 1.165) is 11.6 Å². The molecule has 1 amide bonds. The standard InChI is InChI=1S/C23H27FN4O3S/c1-6-28(7-2)32(30,31)19-10-8-17(9-11-19)16(5)27-23(29)20-12-18(24)13-21-22(20)26-15(4)14(3)25-21/h8-13,16H,6-7H2,1-5H3,(H,27,29). The van der Waals surface area contributed by atoms with Crippen molar-refractivity contribution in [3.8, 4) is 0 Å². The highest BCUT2D eigenvalue weighted by Gasteiger charge is 2.22. The molecule has 1 atom stereocenters. The number of nitrogens with one attached hydrogen (secondary N) is 1. The summed E-state index contributed by atoms with van der Waals surface area (Å²) < 4.78 is 40.8. The van der Waals surface area contributed by atoms with E-state index in [1.165, 1.54) is 22.5 Å². The van der Waals surface area contributed by atoms with Gasteiger partial charge in [0, 0.05) is 19.2 Å². The summed E-state index contributed by atoms with van der Waals surface area (Å²) in [5.74, 6) is -1.06. The lowest BCUT2D eigenvalue weighted by Gasteiger charge is -2.19. The fraction of sp³-hybridized carbons (Fsp3) is 0.348. The minimum Gasteiger partial charge on any atom is -0.345 e. The minimum atomic E-state index is -3.56. The molecule has 0 radical (unpaired) electrons. The summed E-state index contributed by atoms with van der Waals surface area (Å²) in [6.45, 7) is 9.68. The predicted octanol–water partition coefficient (Wildman–Crippen LogP) is 3.91. The van der Waals surface area contributed by atoms with Gasteiger partial charge in [-0.25, -0.2) is 22.8 Å². The summed E-state index contributed by atoms with van der Waals surface area (Å²) >= 11 is 0. The molecule has 32 heavy (non-hydrogen) atoms. The summed E-state index contributed by atoms with van der Waals surface area (Å²) in [5.41, 5.74) is 2.80. The Kier molecular flexibility index (Phi) is 6.90. The molecule has 0 saturated carbocycles. The third kappa shape index (κ3) is 4.63. The van der Waals surface area contributed by atoms with Crippen LogP contribution in [0.1, 0.15) is 54.1 Å². The first-order valence-electron chi connectivity index (χ1n) is 10.4. The first-order chi connectivity index (χ1) is 15.1. The molecule has 170 valence electrons. The van der Waals surface area contributed by atoms with Gasteiger partial charge in [-0.15, -0.1) is 0 Å². The second-order valence-corrected chi connectivity index (χ2v) is 9.51. The number of sulfonamides is 1. The van der Waals surface area contributed by atoms with E-state index in [9.17, 15) is 17.6 Å². The number of hydrogen-bond donors (Lipinski definition) is 1. The SMILES string of the molecule is CCN(CC)S(=O)(=O)c1ccc(C(C)NC(=O)c2cc(F)cc3nc(C)c(C)nc23)cc1. The van der Waals surface area contributed by atoms with Crippen molar-refractivity contribution >= 4 is 27.0 Å². The lowest BCUT2D eigenvalue weighted by molar-refractivity contribution is 0.0941. The number of rotatable bonds is 7. The molecule has 3 rings (SSSR count). The van der Waals surface area contributed by atoms with Gasteiger partial charge in [-0.1, -0.05) is 26.0 Å². The number of amides is 1. The van der Waals surface area contributed by atoms with Crippen molar-refractivity contribution in [1.82, 2.24) is 19.6 Å². The molecule has 0 aliphatic heterocycles. The van der Waals surface area contributed by atoms with Crippen LogP contribution in [-0.2, 0) is 10.0 Å². The van der Waals surface area contributed by atoms with Crippen LogP contribution in [0.3, 0.4) is 0 Å². The maximum absolute atomic E-state index is 14.1. The monoisotopic (exact) mass is 458 g/mol. The van der Waals surface area contributed by atoms with E-state index in [4.69, 9.17) is 0 Å². The van der Waals surface area contributed by atoms with Gasteiger partial charge >= 0.3 is 0 Å². The Hall–Kier alpha value is -2.91. The van der Waals surface area contributed by atoms with Crippen LogP contribution in [-0.4, -0.2) is 41.7 Å². The van der Waals surface area contributed by atoms with Crippen LogP contribution in [0.4, 0.5) is 4.39 Å². The third-order valence-corrected chi connectivity index (χ3v) is 7.53. The zero-order valence-corrected chi connectivity index (χ0v) is 19.6. The van der Waals surface area contributed by atoms with Gasteiger partial charge in [0.05, 0.1) is 33.4 Å². The Labute approximate surface area is 187 Å². The maximum atomic E-state index is 14.1. The first-order valence-corrected chi connectivity index (χ1v) is 11.9. The highest BCUT2D eigenvalue weighted by Crippen LogP contribution is 2.22. The van der Waals surface area contributed by atoms with Crippen LogP contribution in [0.15, 0.2) is 41.3 Å². The predicted molar refractivity (Wildman–Crippen MR) is 121 cm³/mol. The second-order valence-electron chi connectivity index (χ2n) is 7.57. The molecule has 0 aliphatic carbocycles. The molecular weight excluding hydrogens is 431 g/mol. The van der Waals surface area contributed by atoms with Gasteiger partial charge in [0.15, 0.2) is 0 Å². The van der Waals surface area contributed by atoms with E-state index >= 15 is 0 Å². The van der Waals surface area contributed by atoms with E-state index in [2.05, 4.69) is 15.3 Å². The lowest BCUT2D eigenvalue weighted by Crippen LogP contribution is -2.30. The number of carbonyl (C=O) groups is 1. The molecule has 0 bridgehead atoms. The molecule has 1 N–H and O–H groups in total. The van der Waals surface area contributed by atoms with Crippen molar-refractivity contribution in [3.05, 3.63) is 64.7 Å². The number of carbonyl (C=O) groups excluding carboxylic acids is 1. The number of hydrogen-bond acceptors (Lipinski definition) is 5. The lowest BCUT2D eigenvalue weighted by atomic mass is 10.1. The van der Waals surface area contributed by atoms with Crippen molar-refractivity contribution in [2.75, 3.05) is 13.1 Å². The number of nitrogens with zero attached hydrogens (tertiary/aromatic N) is 3. The third-order valence-electron chi connectivity index (χ3n) is 5.46. The largest absolute Gasteiger partial charge is 0.345 e. The summed E-state index contributed by atoms with van der Waals surface area (Å²) in [6, 6.07) is 8.35. The fourth-order valence-electron chi connectivity index (χ4n) is 3.47.